The van der Waals surface area contributed by atoms with Crippen LogP contribution in [0.1, 0.15) is 38.5 Å². The maximum absolute atomic E-state index is 5.90. The van der Waals surface area contributed by atoms with Crippen LogP contribution in [0.15, 0.2) is 0 Å². The number of hydrogen-bond acceptors (Lipinski definition) is 3. The van der Waals surface area contributed by atoms with Crippen molar-refractivity contribution in [3.05, 3.63) is 0 Å². The molecule has 1 saturated carbocycles. The van der Waals surface area contributed by atoms with Crippen LogP contribution in [0.25, 0.3) is 0 Å². The van der Waals surface area contributed by atoms with Gasteiger partial charge in [-0.05, 0) is 52.1 Å². The molecule has 90 valence electrons. The summed E-state index contributed by atoms with van der Waals surface area (Å²) in [5.74, 6) is 0. The van der Waals surface area contributed by atoms with Crippen molar-refractivity contribution in [1.82, 2.24) is 4.90 Å². The highest BCUT2D eigenvalue weighted by molar-refractivity contribution is 4.79. The van der Waals surface area contributed by atoms with Gasteiger partial charge in [-0.1, -0.05) is 0 Å². The molecule has 3 nitrogen and oxygen atoms in total. The summed E-state index contributed by atoms with van der Waals surface area (Å²) in [7, 11) is 4.01. The largest absolute Gasteiger partial charge is 0.385 e. The van der Waals surface area contributed by atoms with E-state index in [0.717, 1.165) is 12.6 Å². The lowest BCUT2D eigenvalue weighted by Gasteiger charge is -2.33. The molecular weight excluding hydrogens is 188 g/mol. The molecule has 1 aliphatic carbocycles. The standard InChI is InChI=1S/C12H26N2O/c1-14(9-3-4-10-15-2)12-7-5-11(13)6-8-12/h11-12H,3-10,13H2,1-2H3. The first-order valence-corrected chi connectivity index (χ1v) is 6.18. The van der Waals surface area contributed by atoms with Gasteiger partial charge in [-0.25, -0.2) is 0 Å². The monoisotopic (exact) mass is 214 g/mol. The first kappa shape index (κ1) is 12.9. The summed E-state index contributed by atoms with van der Waals surface area (Å²) in [6.45, 7) is 2.09. The molecule has 0 aromatic heterocycles. The maximum Gasteiger partial charge on any atom is 0.0462 e. The van der Waals surface area contributed by atoms with E-state index in [1.54, 1.807) is 7.11 Å². The third-order valence-electron chi connectivity index (χ3n) is 3.47. The first-order valence-electron chi connectivity index (χ1n) is 6.18. The van der Waals surface area contributed by atoms with Crippen LogP contribution in [0.4, 0.5) is 0 Å². The number of hydrogen-bond donors (Lipinski definition) is 1. The highest BCUT2D eigenvalue weighted by Gasteiger charge is 2.21. The van der Waals surface area contributed by atoms with Crippen LogP contribution in [-0.2, 0) is 4.74 Å². The van der Waals surface area contributed by atoms with E-state index < -0.39 is 0 Å². The molecule has 0 saturated heterocycles. The van der Waals surface area contributed by atoms with Gasteiger partial charge in [0.1, 0.15) is 0 Å². The van der Waals surface area contributed by atoms with Crippen molar-refractivity contribution in [1.29, 1.82) is 0 Å². The molecule has 1 rings (SSSR count). The second kappa shape index (κ2) is 7.20. The van der Waals surface area contributed by atoms with Gasteiger partial charge in [0.2, 0.25) is 0 Å². The first-order chi connectivity index (χ1) is 7.24. The molecule has 0 aliphatic heterocycles. The molecule has 0 heterocycles. The van der Waals surface area contributed by atoms with Gasteiger partial charge in [0, 0.05) is 25.8 Å². The Morgan fingerprint density at radius 2 is 1.87 bits per heavy atom. The van der Waals surface area contributed by atoms with Crippen LogP contribution in [-0.4, -0.2) is 44.3 Å². The average Bonchev–Trinajstić information content (AvgIpc) is 2.25. The molecule has 0 amide bonds. The molecule has 0 atom stereocenters. The number of nitrogens with zero attached hydrogens (tertiary/aromatic N) is 1. The number of methoxy groups -OCH3 is 1. The van der Waals surface area contributed by atoms with Crippen LogP contribution in [0.2, 0.25) is 0 Å². The van der Waals surface area contributed by atoms with Crippen LogP contribution >= 0.6 is 0 Å². The Kier molecular flexibility index (Phi) is 6.22. The second-order valence-electron chi connectivity index (χ2n) is 4.75. The number of nitrogens with two attached hydrogens (primary N) is 1. The fraction of sp³-hybridized carbons (Fsp3) is 1.00. The summed E-state index contributed by atoms with van der Waals surface area (Å²) in [4.78, 5) is 2.50. The summed E-state index contributed by atoms with van der Waals surface area (Å²) >= 11 is 0. The van der Waals surface area contributed by atoms with E-state index in [4.69, 9.17) is 10.5 Å². The third kappa shape index (κ3) is 4.96. The predicted molar refractivity (Wildman–Crippen MR) is 64.0 cm³/mol. The van der Waals surface area contributed by atoms with E-state index in [1.807, 2.05) is 0 Å². The highest BCUT2D eigenvalue weighted by atomic mass is 16.5. The van der Waals surface area contributed by atoms with Crippen molar-refractivity contribution in [2.45, 2.75) is 50.6 Å². The quantitative estimate of drug-likeness (QED) is 0.683. The topological polar surface area (TPSA) is 38.5 Å². The summed E-state index contributed by atoms with van der Waals surface area (Å²) in [6, 6.07) is 1.23. The smallest absolute Gasteiger partial charge is 0.0462 e. The molecule has 0 radical (unpaired) electrons. The zero-order valence-electron chi connectivity index (χ0n) is 10.2. The van der Waals surface area contributed by atoms with Gasteiger partial charge in [0.25, 0.3) is 0 Å². The van der Waals surface area contributed by atoms with Crippen LogP contribution in [0.3, 0.4) is 0 Å². The molecule has 2 N–H and O–H groups in total. The molecule has 0 aromatic rings. The molecule has 1 aliphatic rings. The number of unbranched alkanes of at least 4 members (excludes halogenated alkanes) is 1. The Bertz CT molecular complexity index is 156. The van der Waals surface area contributed by atoms with Crippen molar-refractivity contribution in [3.63, 3.8) is 0 Å². The SMILES string of the molecule is COCCCCN(C)C1CCC(N)CC1. The molecule has 15 heavy (non-hydrogen) atoms. The Labute approximate surface area is 94.0 Å². The normalized spacial score (nSPS) is 27.2. The van der Waals surface area contributed by atoms with Gasteiger partial charge in [-0.3, -0.25) is 0 Å². The second-order valence-corrected chi connectivity index (χ2v) is 4.75. The summed E-state index contributed by atoms with van der Waals surface area (Å²) in [5, 5.41) is 0. The van der Waals surface area contributed by atoms with Crippen LogP contribution in [0, 0.1) is 0 Å². The lowest BCUT2D eigenvalue weighted by atomic mass is 9.91. The molecule has 3 heteroatoms. The van der Waals surface area contributed by atoms with Crippen molar-refractivity contribution in [3.8, 4) is 0 Å². The molecule has 0 aromatic carbocycles. The minimum atomic E-state index is 0.461. The molecule has 0 unspecified atom stereocenters. The Balaban J connectivity index is 2.08. The minimum absolute atomic E-state index is 0.461. The third-order valence-corrected chi connectivity index (χ3v) is 3.47. The van der Waals surface area contributed by atoms with Gasteiger partial charge in [0.05, 0.1) is 0 Å². The van der Waals surface area contributed by atoms with Crippen LogP contribution in [0.5, 0.6) is 0 Å². The van der Waals surface area contributed by atoms with Gasteiger partial charge >= 0.3 is 0 Å². The minimum Gasteiger partial charge on any atom is -0.385 e. The van der Waals surface area contributed by atoms with Crippen molar-refractivity contribution >= 4 is 0 Å². The van der Waals surface area contributed by atoms with Gasteiger partial charge in [-0.2, -0.15) is 0 Å². The maximum atomic E-state index is 5.90. The van der Waals surface area contributed by atoms with E-state index in [1.165, 1.54) is 45.1 Å². The van der Waals surface area contributed by atoms with E-state index in [9.17, 15) is 0 Å². The van der Waals surface area contributed by atoms with Crippen molar-refractivity contribution < 1.29 is 4.74 Å². The van der Waals surface area contributed by atoms with Crippen molar-refractivity contribution in [2.24, 2.45) is 5.73 Å². The van der Waals surface area contributed by atoms with Gasteiger partial charge in [0.15, 0.2) is 0 Å². The van der Waals surface area contributed by atoms with E-state index >= 15 is 0 Å². The zero-order chi connectivity index (χ0) is 11.1. The van der Waals surface area contributed by atoms with E-state index in [2.05, 4.69) is 11.9 Å². The molecular formula is C12H26N2O. The average molecular weight is 214 g/mol. The number of rotatable bonds is 6. The summed E-state index contributed by atoms with van der Waals surface area (Å²) in [5.41, 5.74) is 5.90. The summed E-state index contributed by atoms with van der Waals surface area (Å²) < 4.78 is 5.05. The van der Waals surface area contributed by atoms with Crippen molar-refractivity contribution in [2.75, 3.05) is 27.3 Å². The van der Waals surface area contributed by atoms with E-state index in [-0.39, 0.29) is 0 Å². The van der Waals surface area contributed by atoms with E-state index in [0.29, 0.717) is 6.04 Å². The molecule has 1 fully saturated rings. The lowest BCUT2D eigenvalue weighted by molar-refractivity contribution is 0.162. The summed E-state index contributed by atoms with van der Waals surface area (Å²) in [6.07, 6.45) is 7.38. The van der Waals surface area contributed by atoms with Crippen LogP contribution < -0.4 is 5.73 Å². The van der Waals surface area contributed by atoms with Gasteiger partial charge in [-0.15, -0.1) is 0 Å². The Morgan fingerprint density at radius 1 is 1.20 bits per heavy atom. The zero-order valence-corrected chi connectivity index (χ0v) is 10.2. The molecule has 0 bridgehead atoms. The lowest BCUT2D eigenvalue weighted by Crippen LogP contribution is -2.39. The fourth-order valence-corrected chi connectivity index (χ4v) is 2.33. The Morgan fingerprint density at radius 3 is 2.47 bits per heavy atom. The number of ether oxygens (including phenoxy) is 1. The fourth-order valence-electron chi connectivity index (χ4n) is 2.33. The van der Waals surface area contributed by atoms with Gasteiger partial charge < -0.3 is 15.4 Å². The Hall–Kier alpha value is -0.120. The predicted octanol–water partition coefficient (Wildman–Crippen LogP) is 1.61. The highest BCUT2D eigenvalue weighted by Crippen LogP contribution is 2.21. The molecule has 0 spiro atoms.